The van der Waals surface area contributed by atoms with Crippen LogP contribution in [0.1, 0.15) is 22.5 Å². The lowest BCUT2D eigenvalue weighted by Crippen LogP contribution is -2.09. The average Bonchev–Trinajstić information content (AvgIpc) is 2.92. The van der Waals surface area contributed by atoms with Crippen molar-refractivity contribution in [2.75, 3.05) is 5.75 Å². The molecule has 0 saturated heterocycles. The van der Waals surface area contributed by atoms with Crippen LogP contribution in [0.3, 0.4) is 0 Å². The Kier molecular flexibility index (Phi) is 6.10. The Labute approximate surface area is 151 Å². The van der Waals surface area contributed by atoms with Crippen LogP contribution in [-0.2, 0) is 23.3 Å². The lowest BCUT2D eigenvalue weighted by atomic mass is 10.1. The van der Waals surface area contributed by atoms with Crippen molar-refractivity contribution >= 4 is 31.6 Å². The van der Waals surface area contributed by atoms with Gasteiger partial charge in [0.15, 0.2) is 15.6 Å². The molecule has 0 amide bonds. The third-order valence-electron chi connectivity index (χ3n) is 3.58. The van der Waals surface area contributed by atoms with Crippen LogP contribution in [0, 0.1) is 5.82 Å². The highest BCUT2D eigenvalue weighted by molar-refractivity contribution is 9.10. The molecular formula is C16H15BrF3NO3S. The summed E-state index contributed by atoms with van der Waals surface area (Å²) < 4.78 is 63.4. The molecule has 0 saturated carbocycles. The number of Topliss-reactive ketones (excluding diaryl/α,β-unsaturated/α-hetero) is 1. The second-order valence-corrected chi connectivity index (χ2v) is 8.48. The summed E-state index contributed by atoms with van der Waals surface area (Å²) >= 11 is 3.03. The highest BCUT2D eigenvalue weighted by atomic mass is 79.9. The van der Waals surface area contributed by atoms with Gasteiger partial charge in [0.25, 0.3) is 0 Å². The lowest BCUT2D eigenvalue weighted by molar-refractivity contribution is 0.0985. The number of carbonyl (C=O) groups is 1. The molecule has 0 aliphatic carbocycles. The van der Waals surface area contributed by atoms with Crippen LogP contribution in [0.2, 0.25) is 0 Å². The minimum Gasteiger partial charge on any atom is -0.347 e. The molecule has 4 nitrogen and oxygen atoms in total. The van der Waals surface area contributed by atoms with Gasteiger partial charge in [0.2, 0.25) is 6.43 Å². The van der Waals surface area contributed by atoms with Gasteiger partial charge in [-0.25, -0.2) is 21.6 Å². The van der Waals surface area contributed by atoms with Crippen molar-refractivity contribution in [3.63, 3.8) is 0 Å². The number of nitrogens with zero attached hydrogens (tertiary/aromatic N) is 1. The number of hydrogen-bond donors (Lipinski definition) is 0. The van der Waals surface area contributed by atoms with Gasteiger partial charge in [0.05, 0.1) is 20.8 Å². The maximum Gasteiger partial charge on any atom is 0.239 e. The molecule has 0 unspecified atom stereocenters. The van der Waals surface area contributed by atoms with Crippen LogP contribution in [-0.4, -0.2) is 30.9 Å². The van der Waals surface area contributed by atoms with Gasteiger partial charge in [-0.3, -0.25) is 4.79 Å². The fraction of sp³-hybridized carbons (Fsp3) is 0.312. The molecule has 9 heteroatoms. The second kappa shape index (κ2) is 7.74. The molecule has 25 heavy (non-hydrogen) atoms. The molecule has 2 rings (SSSR count). The summed E-state index contributed by atoms with van der Waals surface area (Å²) in [6.07, 6.45) is -2.29. The molecule has 1 aromatic heterocycles. The van der Waals surface area contributed by atoms with Crippen molar-refractivity contribution in [1.29, 1.82) is 0 Å². The van der Waals surface area contributed by atoms with E-state index < -0.39 is 34.3 Å². The normalized spacial score (nSPS) is 11.9. The fourth-order valence-electron chi connectivity index (χ4n) is 2.27. The molecule has 2 aromatic rings. The monoisotopic (exact) mass is 437 g/mol. The number of carbonyl (C=O) groups excluding carboxylic acids is 1. The van der Waals surface area contributed by atoms with Crippen LogP contribution >= 0.6 is 15.9 Å². The SMILES string of the molecule is Cn1cc(S(=O)(=O)CCC(F)F)cc1C(=O)Cc1ccc(F)c(Br)c1. The van der Waals surface area contributed by atoms with Gasteiger partial charge in [-0.1, -0.05) is 6.07 Å². The summed E-state index contributed by atoms with van der Waals surface area (Å²) in [5, 5.41) is 0. The summed E-state index contributed by atoms with van der Waals surface area (Å²) in [7, 11) is -2.39. The molecule has 0 bridgehead atoms. The van der Waals surface area contributed by atoms with Crippen LogP contribution in [0.25, 0.3) is 0 Å². The number of benzene rings is 1. The largest absolute Gasteiger partial charge is 0.347 e. The number of aromatic nitrogens is 1. The summed E-state index contributed by atoms with van der Waals surface area (Å²) in [4.78, 5) is 12.2. The van der Waals surface area contributed by atoms with Crippen LogP contribution < -0.4 is 0 Å². The highest BCUT2D eigenvalue weighted by Crippen LogP contribution is 2.21. The number of rotatable bonds is 7. The zero-order chi connectivity index (χ0) is 18.8. The molecule has 0 atom stereocenters. The second-order valence-electron chi connectivity index (χ2n) is 5.52. The maximum atomic E-state index is 13.2. The number of alkyl halides is 2. The number of sulfone groups is 1. The molecule has 0 N–H and O–H groups in total. The summed E-state index contributed by atoms with van der Waals surface area (Å²) in [5.41, 5.74) is 0.692. The molecule has 0 radical (unpaired) electrons. The van der Waals surface area contributed by atoms with E-state index in [9.17, 15) is 26.4 Å². The van der Waals surface area contributed by atoms with E-state index >= 15 is 0 Å². The Morgan fingerprint density at radius 3 is 2.56 bits per heavy atom. The molecule has 1 heterocycles. The first-order valence-corrected chi connectivity index (χ1v) is 9.69. The molecule has 0 aliphatic rings. The van der Waals surface area contributed by atoms with Crippen LogP contribution in [0.4, 0.5) is 13.2 Å². The molecule has 0 aliphatic heterocycles. The molecular weight excluding hydrogens is 423 g/mol. The van der Waals surface area contributed by atoms with E-state index in [4.69, 9.17) is 0 Å². The van der Waals surface area contributed by atoms with Crippen molar-refractivity contribution in [3.8, 4) is 0 Å². The number of halogens is 4. The minimum absolute atomic E-state index is 0.0484. The predicted octanol–water partition coefficient (Wildman–Crippen LogP) is 3.78. The number of aryl methyl sites for hydroxylation is 1. The molecule has 0 fully saturated rings. The van der Waals surface area contributed by atoms with E-state index in [0.717, 1.165) is 0 Å². The third kappa shape index (κ3) is 4.94. The van der Waals surface area contributed by atoms with Crippen molar-refractivity contribution in [1.82, 2.24) is 4.57 Å². The minimum atomic E-state index is -3.89. The average molecular weight is 438 g/mol. The van der Waals surface area contributed by atoms with E-state index in [1.54, 1.807) is 0 Å². The first-order chi connectivity index (χ1) is 11.6. The van der Waals surface area contributed by atoms with E-state index in [1.807, 2.05) is 0 Å². The Bertz CT molecular complexity index is 894. The highest BCUT2D eigenvalue weighted by Gasteiger charge is 2.22. The summed E-state index contributed by atoms with van der Waals surface area (Å²) in [6.45, 7) is 0. The quantitative estimate of drug-likeness (QED) is 0.619. The topological polar surface area (TPSA) is 56.1 Å². The summed E-state index contributed by atoms with van der Waals surface area (Å²) in [5.74, 6) is -1.51. The van der Waals surface area contributed by atoms with Gasteiger partial charge in [0, 0.05) is 26.1 Å². The van der Waals surface area contributed by atoms with Gasteiger partial charge >= 0.3 is 0 Å². The summed E-state index contributed by atoms with van der Waals surface area (Å²) in [6, 6.07) is 5.33. The zero-order valence-electron chi connectivity index (χ0n) is 13.2. The third-order valence-corrected chi connectivity index (χ3v) is 5.90. The van der Waals surface area contributed by atoms with Crippen molar-refractivity contribution in [2.45, 2.75) is 24.2 Å². The maximum absolute atomic E-state index is 13.2. The van der Waals surface area contributed by atoms with E-state index in [1.165, 1.54) is 42.1 Å². The van der Waals surface area contributed by atoms with Gasteiger partial charge < -0.3 is 4.57 Å². The van der Waals surface area contributed by atoms with Crippen LogP contribution in [0.15, 0.2) is 39.8 Å². The standard InChI is InChI=1S/C16H15BrF3NO3S/c1-21-9-11(25(23,24)5-4-16(19)20)8-14(21)15(22)7-10-2-3-13(18)12(17)6-10/h2-3,6,8-9,16H,4-5,7H2,1H3. The lowest BCUT2D eigenvalue weighted by Gasteiger charge is -2.04. The Hall–Kier alpha value is -1.61. The molecule has 0 spiro atoms. The Balaban J connectivity index is 2.21. The van der Waals surface area contributed by atoms with Gasteiger partial charge in [0.1, 0.15) is 5.82 Å². The van der Waals surface area contributed by atoms with E-state index in [-0.39, 0.29) is 27.3 Å². The molecule has 1 aromatic carbocycles. The first kappa shape index (κ1) is 19.7. The van der Waals surface area contributed by atoms with Crippen molar-refractivity contribution in [2.24, 2.45) is 7.05 Å². The molecule has 136 valence electrons. The number of ketones is 1. The van der Waals surface area contributed by atoms with E-state index in [2.05, 4.69) is 15.9 Å². The smallest absolute Gasteiger partial charge is 0.239 e. The number of hydrogen-bond acceptors (Lipinski definition) is 3. The van der Waals surface area contributed by atoms with Crippen molar-refractivity contribution < 1.29 is 26.4 Å². The van der Waals surface area contributed by atoms with E-state index in [0.29, 0.717) is 5.56 Å². The fourth-order valence-corrected chi connectivity index (χ4v) is 4.03. The predicted molar refractivity (Wildman–Crippen MR) is 90.2 cm³/mol. The van der Waals surface area contributed by atoms with Crippen LogP contribution in [0.5, 0.6) is 0 Å². The first-order valence-electron chi connectivity index (χ1n) is 7.24. The zero-order valence-corrected chi connectivity index (χ0v) is 15.6. The van der Waals surface area contributed by atoms with Gasteiger partial charge in [-0.05, 0) is 39.7 Å². The Morgan fingerprint density at radius 2 is 1.96 bits per heavy atom. The van der Waals surface area contributed by atoms with Gasteiger partial charge in [-0.2, -0.15) is 0 Å². The Morgan fingerprint density at radius 1 is 1.28 bits per heavy atom. The van der Waals surface area contributed by atoms with Gasteiger partial charge in [-0.15, -0.1) is 0 Å². The van der Waals surface area contributed by atoms with Crippen molar-refractivity contribution in [3.05, 3.63) is 52.0 Å².